The number of fused-ring (bicyclic) bond motifs is 1. The third-order valence-electron chi connectivity index (χ3n) is 5.54. The fraction of sp³-hybridized carbons (Fsp3) is 0.217. The summed E-state index contributed by atoms with van der Waals surface area (Å²) in [6.45, 7) is 0.720. The standard InChI is InChI=1S/C23H21N3O4S2/c27-23(26-13-3-7-20(26)22-25-19-6-1-2-8-21(19)31-22)16-9-11-18(12-10-16)32(28,29)24-15-17-5-4-14-30-17/h1-2,4-6,8-12,14,20,24H,3,7,13,15H2. The zero-order valence-corrected chi connectivity index (χ0v) is 18.7. The van der Waals surface area contributed by atoms with Crippen molar-refractivity contribution in [2.24, 2.45) is 0 Å². The lowest BCUT2D eigenvalue weighted by Gasteiger charge is -2.23. The average molecular weight is 468 g/mol. The van der Waals surface area contributed by atoms with E-state index < -0.39 is 10.0 Å². The number of carbonyl (C=O) groups excluding carboxylic acids is 1. The minimum atomic E-state index is -3.71. The van der Waals surface area contributed by atoms with Crippen molar-refractivity contribution < 1.29 is 17.6 Å². The van der Waals surface area contributed by atoms with Crippen molar-refractivity contribution in [1.82, 2.24) is 14.6 Å². The molecule has 2 aromatic heterocycles. The summed E-state index contributed by atoms with van der Waals surface area (Å²) in [6, 6.07) is 17.4. The maximum Gasteiger partial charge on any atom is 0.254 e. The van der Waals surface area contributed by atoms with Crippen molar-refractivity contribution in [2.75, 3.05) is 6.54 Å². The van der Waals surface area contributed by atoms with E-state index in [1.54, 1.807) is 35.6 Å². The number of thiazole rings is 1. The van der Waals surface area contributed by atoms with Gasteiger partial charge in [-0.25, -0.2) is 18.1 Å². The first kappa shape index (κ1) is 20.9. The number of nitrogens with zero attached hydrogens (tertiary/aromatic N) is 2. The molecular formula is C23H21N3O4S2. The van der Waals surface area contributed by atoms with E-state index in [0.717, 1.165) is 28.1 Å². The first-order valence-electron chi connectivity index (χ1n) is 10.3. The highest BCUT2D eigenvalue weighted by atomic mass is 32.2. The van der Waals surface area contributed by atoms with Gasteiger partial charge in [-0.2, -0.15) is 0 Å². The van der Waals surface area contributed by atoms with Crippen molar-refractivity contribution in [3.05, 3.63) is 83.3 Å². The molecule has 1 fully saturated rings. The number of furan rings is 1. The fourth-order valence-corrected chi connectivity index (χ4v) is 6.01. The van der Waals surface area contributed by atoms with Crippen molar-refractivity contribution in [3.63, 3.8) is 0 Å². The van der Waals surface area contributed by atoms with Crippen LogP contribution in [0.25, 0.3) is 10.2 Å². The minimum Gasteiger partial charge on any atom is -0.468 e. The molecule has 3 heterocycles. The molecular weight excluding hydrogens is 446 g/mol. The van der Waals surface area contributed by atoms with E-state index in [1.807, 2.05) is 29.2 Å². The van der Waals surface area contributed by atoms with Gasteiger partial charge in [0.05, 0.1) is 34.0 Å². The molecule has 7 nitrogen and oxygen atoms in total. The van der Waals surface area contributed by atoms with Gasteiger partial charge in [-0.3, -0.25) is 4.79 Å². The quantitative estimate of drug-likeness (QED) is 0.455. The highest BCUT2D eigenvalue weighted by Gasteiger charge is 2.33. The molecule has 0 aliphatic carbocycles. The van der Waals surface area contributed by atoms with Crippen molar-refractivity contribution in [2.45, 2.75) is 30.3 Å². The second-order valence-electron chi connectivity index (χ2n) is 7.60. The maximum absolute atomic E-state index is 13.2. The molecule has 1 unspecified atom stereocenters. The predicted octanol–water partition coefficient (Wildman–Crippen LogP) is 4.35. The number of likely N-dealkylation sites (tertiary alicyclic amines) is 1. The number of amides is 1. The van der Waals surface area contributed by atoms with E-state index in [-0.39, 0.29) is 23.4 Å². The SMILES string of the molecule is O=C(c1ccc(S(=O)(=O)NCc2ccco2)cc1)N1CCCC1c1nc2ccccc2s1. The lowest BCUT2D eigenvalue weighted by Crippen LogP contribution is -2.30. The number of rotatable bonds is 6. The number of benzene rings is 2. The fourth-order valence-electron chi connectivity index (χ4n) is 3.90. The number of carbonyl (C=O) groups is 1. The Morgan fingerprint density at radius 3 is 2.69 bits per heavy atom. The molecule has 1 N–H and O–H groups in total. The van der Waals surface area contributed by atoms with E-state index in [4.69, 9.17) is 9.40 Å². The van der Waals surface area contributed by atoms with E-state index in [0.29, 0.717) is 17.9 Å². The number of sulfonamides is 1. The Morgan fingerprint density at radius 1 is 1.12 bits per heavy atom. The van der Waals surface area contributed by atoms with Gasteiger partial charge in [0.1, 0.15) is 10.8 Å². The number of hydrogen-bond donors (Lipinski definition) is 1. The minimum absolute atomic E-state index is 0.0572. The summed E-state index contributed by atoms with van der Waals surface area (Å²) < 4.78 is 33.8. The van der Waals surface area contributed by atoms with Crippen molar-refractivity contribution in [3.8, 4) is 0 Å². The summed E-state index contributed by atoms with van der Waals surface area (Å²) in [7, 11) is -3.71. The Hall–Kier alpha value is -3.01. The Labute approximate surface area is 189 Å². The third kappa shape index (κ3) is 4.06. The van der Waals surface area contributed by atoms with Crippen LogP contribution in [0, 0.1) is 0 Å². The third-order valence-corrected chi connectivity index (χ3v) is 8.09. The van der Waals surface area contributed by atoms with Crippen LogP contribution in [-0.4, -0.2) is 30.8 Å². The Bertz CT molecular complexity index is 1310. The summed E-state index contributed by atoms with van der Waals surface area (Å²) in [6.07, 6.45) is 3.27. The van der Waals surface area contributed by atoms with Gasteiger partial charge in [0.15, 0.2) is 0 Å². The molecule has 1 atom stereocenters. The smallest absolute Gasteiger partial charge is 0.254 e. The summed E-state index contributed by atoms with van der Waals surface area (Å²) in [5, 5.41) is 0.943. The van der Waals surface area contributed by atoms with Gasteiger partial charge >= 0.3 is 0 Å². The zero-order chi connectivity index (χ0) is 22.1. The molecule has 32 heavy (non-hydrogen) atoms. The van der Waals surface area contributed by atoms with Crippen LogP contribution in [0.15, 0.2) is 76.2 Å². The molecule has 4 aromatic rings. The molecule has 2 aromatic carbocycles. The van der Waals surface area contributed by atoms with Crippen LogP contribution in [0.5, 0.6) is 0 Å². The van der Waals surface area contributed by atoms with Crippen LogP contribution < -0.4 is 4.72 Å². The maximum atomic E-state index is 13.2. The van der Waals surface area contributed by atoms with Crippen LogP contribution in [0.4, 0.5) is 0 Å². The topological polar surface area (TPSA) is 92.5 Å². The second kappa shape index (κ2) is 8.50. The molecule has 164 valence electrons. The summed E-state index contributed by atoms with van der Waals surface area (Å²) in [5.41, 5.74) is 1.41. The van der Waals surface area contributed by atoms with Crippen LogP contribution in [0.1, 0.15) is 40.0 Å². The van der Waals surface area contributed by atoms with Gasteiger partial charge in [-0.15, -0.1) is 11.3 Å². The van der Waals surface area contributed by atoms with Gasteiger partial charge in [-0.05, 0) is 61.4 Å². The molecule has 0 bridgehead atoms. The average Bonchev–Trinajstić information content (AvgIpc) is 3.57. The zero-order valence-electron chi connectivity index (χ0n) is 17.1. The number of nitrogens with one attached hydrogen (secondary N) is 1. The van der Waals surface area contributed by atoms with Crippen molar-refractivity contribution in [1.29, 1.82) is 0 Å². The molecule has 0 spiro atoms. The monoisotopic (exact) mass is 467 g/mol. The first-order valence-corrected chi connectivity index (χ1v) is 12.6. The Morgan fingerprint density at radius 2 is 1.94 bits per heavy atom. The second-order valence-corrected chi connectivity index (χ2v) is 10.4. The van der Waals surface area contributed by atoms with E-state index in [1.165, 1.54) is 18.4 Å². The van der Waals surface area contributed by atoms with E-state index in [9.17, 15) is 13.2 Å². The molecule has 0 saturated carbocycles. The number of hydrogen-bond acceptors (Lipinski definition) is 6. The molecule has 1 aliphatic rings. The highest BCUT2D eigenvalue weighted by molar-refractivity contribution is 7.89. The molecule has 5 rings (SSSR count). The summed E-state index contributed by atoms with van der Waals surface area (Å²) in [4.78, 5) is 19.9. The lowest BCUT2D eigenvalue weighted by molar-refractivity contribution is 0.0735. The van der Waals surface area contributed by atoms with E-state index >= 15 is 0 Å². The first-order chi connectivity index (χ1) is 15.5. The summed E-state index contributed by atoms with van der Waals surface area (Å²) in [5.74, 6) is 0.412. The Kier molecular flexibility index (Phi) is 5.54. The largest absolute Gasteiger partial charge is 0.468 e. The number of para-hydroxylation sites is 1. The normalized spacial score (nSPS) is 16.6. The van der Waals surface area contributed by atoms with Crippen LogP contribution >= 0.6 is 11.3 Å². The number of aromatic nitrogens is 1. The lowest BCUT2D eigenvalue weighted by atomic mass is 10.1. The van der Waals surface area contributed by atoms with E-state index in [2.05, 4.69) is 4.72 Å². The van der Waals surface area contributed by atoms with Gasteiger partial charge in [0, 0.05) is 12.1 Å². The molecule has 9 heteroatoms. The van der Waals surface area contributed by atoms with Crippen molar-refractivity contribution >= 4 is 37.5 Å². The predicted molar refractivity (Wildman–Crippen MR) is 122 cm³/mol. The highest BCUT2D eigenvalue weighted by Crippen LogP contribution is 2.37. The van der Waals surface area contributed by atoms with Gasteiger partial charge in [0.25, 0.3) is 5.91 Å². The van der Waals surface area contributed by atoms with Crippen LogP contribution in [0.2, 0.25) is 0 Å². The van der Waals surface area contributed by atoms with Gasteiger partial charge in [0.2, 0.25) is 10.0 Å². The van der Waals surface area contributed by atoms with Crippen LogP contribution in [0.3, 0.4) is 0 Å². The summed E-state index contributed by atoms with van der Waals surface area (Å²) >= 11 is 1.62. The molecule has 0 radical (unpaired) electrons. The molecule has 1 aliphatic heterocycles. The molecule has 1 saturated heterocycles. The van der Waals surface area contributed by atoms with Gasteiger partial charge in [-0.1, -0.05) is 12.1 Å². The van der Waals surface area contributed by atoms with Gasteiger partial charge < -0.3 is 9.32 Å². The Balaban J connectivity index is 1.32. The van der Waals surface area contributed by atoms with Crippen LogP contribution in [-0.2, 0) is 16.6 Å². The molecule has 1 amide bonds.